The van der Waals surface area contributed by atoms with Crippen molar-refractivity contribution in [1.82, 2.24) is 5.32 Å². The molecule has 0 aliphatic carbocycles. The summed E-state index contributed by atoms with van der Waals surface area (Å²) >= 11 is 3.06. The Morgan fingerprint density at radius 1 is 1.56 bits per heavy atom. The lowest BCUT2D eigenvalue weighted by molar-refractivity contribution is -0.125. The Bertz CT molecular complexity index is 401. The van der Waals surface area contributed by atoms with Gasteiger partial charge in [-0.3, -0.25) is 4.79 Å². The van der Waals surface area contributed by atoms with Crippen LogP contribution in [0.25, 0.3) is 0 Å². The van der Waals surface area contributed by atoms with Crippen LogP contribution in [0.4, 0.5) is 4.39 Å². The average Bonchev–Trinajstić information content (AvgIpc) is 2.18. The first kappa shape index (κ1) is 13.1. The molecule has 1 amide bonds. The van der Waals surface area contributed by atoms with Gasteiger partial charge in [-0.2, -0.15) is 0 Å². The van der Waals surface area contributed by atoms with Crippen molar-refractivity contribution in [3.05, 3.63) is 34.1 Å². The second-order valence-electron chi connectivity index (χ2n) is 4.15. The lowest BCUT2D eigenvalue weighted by Gasteiger charge is -2.17. The fourth-order valence-corrected chi connectivity index (χ4v) is 1.31. The van der Waals surface area contributed by atoms with Crippen LogP contribution < -0.4 is 11.1 Å². The minimum Gasteiger partial charge on any atom is -0.350 e. The van der Waals surface area contributed by atoms with E-state index in [1.54, 1.807) is 26.0 Å². The molecular formula is C11H14BrFN2O. The first-order valence-electron chi connectivity index (χ1n) is 4.82. The van der Waals surface area contributed by atoms with E-state index in [4.69, 9.17) is 5.73 Å². The van der Waals surface area contributed by atoms with Crippen LogP contribution in [0.2, 0.25) is 0 Å². The fourth-order valence-electron chi connectivity index (χ4n) is 1.06. The summed E-state index contributed by atoms with van der Waals surface area (Å²) in [5, 5.41) is 2.64. The zero-order chi connectivity index (χ0) is 12.3. The fraction of sp³-hybridized carbons (Fsp3) is 0.364. The predicted molar refractivity (Wildman–Crippen MR) is 64.2 cm³/mol. The van der Waals surface area contributed by atoms with Crippen molar-refractivity contribution in [2.45, 2.75) is 25.9 Å². The standard InChI is InChI=1S/C11H14BrFN2O/c1-11(2,14)10(16)15-6-7-3-4-8(12)9(13)5-7/h3-5H,6,14H2,1-2H3,(H,15,16). The molecule has 0 aliphatic heterocycles. The number of carbonyl (C=O) groups is 1. The molecule has 1 rings (SSSR count). The highest BCUT2D eigenvalue weighted by Crippen LogP contribution is 2.16. The van der Waals surface area contributed by atoms with E-state index in [0.29, 0.717) is 10.0 Å². The smallest absolute Gasteiger partial charge is 0.239 e. The van der Waals surface area contributed by atoms with Crippen molar-refractivity contribution < 1.29 is 9.18 Å². The van der Waals surface area contributed by atoms with Crippen LogP contribution in [0, 0.1) is 5.82 Å². The summed E-state index contributed by atoms with van der Waals surface area (Å²) in [5.41, 5.74) is 5.37. The van der Waals surface area contributed by atoms with Gasteiger partial charge < -0.3 is 11.1 Å². The molecule has 0 saturated heterocycles. The topological polar surface area (TPSA) is 55.1 Å². The monoisotopic (exact) mass is 288 g/mol. The first-order valence-corrected chi connectivity index (χ1v) is 5.61. The van der Waals surface area contributed by atoms with Crippen molar-refractivity contribution in [2.75, 3.05) is 0 Å². The quantitative estimate of drug-likeness (QED) is 0.893. The number of hydrogen-bond donors (Lipinski definition) is 2. The Hall–Kier alpha value is -0.940. The van der Waals surface area contributed by atoms with Gasteiger partial charge in [-0.25, -0.2) is 4.39 Å². The highest BCUT2D eigenvalue weighted by molar-refractivity contribution is 9.10. The minimum absolute atomic E-state index is 0.268. The lowest BCUT2D eigenvalue weighted by atomic mass is 10.1. The van der Waals surface area contributed by atoms with Crippen molar-refractivity contribution in [3.8, 4) is 0 Å². The predicted octanol–water partition coefficient (Wildman–Crippen LogP) is 1.94. The summed E-state index contributed by atoms with van der Waals surface area (Å²) in [6, 6.07) is 4.70. The number of benzene rings is 1. The van der Waals surface area contributed by atoms with Gasteiger partial charge in [0.15, 0.2) is 0 Å². The molecule has 0 heterocycles. The zero-order valence-corrected chi connectivity index (χ0v) is 10.8. The summed E-state index contributed by atoms with van der Waals surface area (Å²) < 4.78 is 13.6. The molecule has 16 heavy (non-hydrogen) atoms. The van der Waals surface area contributed by atoms with Crippen molar-refractivity contribution >= 4 is 21.8 Å². The molecule has 0 unspecified atom stereocenters. The van der Waals surface area contributed by atoms with E-state index < -0.39 is 5.54 Å². The SMILES string of the molecule is CC(C)(N)C(=O)NCc1ccc(Br)c(F)c1. The van der Waals surface area contributed by atoms with E-state index in [2.05, 4.69) is 21.2 Å². The van der Waals surface area contributed by atoms with Gasteiger partial charge >= 0.3 is 0 Å². The normalized spacial score (nSPS) is 11.3. The molecule has 0 aromatic heterocycles. The largest absolute Gasteiger partial charge is 0.350 e. The molecule has 1 aromatic rings. The molecule has 0 saturated carbocycles. The highest BCUT2D eigenvalue weighted by atomic mass is 79.9. The van der Waals surface area contributed by atoms with Crippen molar-refractivity contribution in [2.24, 2.45) is 5.73 Å². The van der Waals surface area contributed by atoms with E-state index in [1.807, 2.05) is 0 Å². The number of nitrogens with one attached hydrogen (secondary N) is 1. The number of halogens is 2. The van der Waals surface area contributed by atoms with Gasteiger partial charge in [-0.15, -0.1) is 0 Å². The van der Waals surface area contributed by atoms with Gasteiger partial charge in [0.05, 0.1) is 10.0 Å². The maximum atomic E-state index is 13.2. The minimum atomic E-state index is -0.923. The molecule has 0 radical (unpaired) electrons. The number of carbonyl (C=O) groups excluding carboxylic acids is 1. The van der Waals surface area contributed by atoms with Gasteiger partial charge in [0.1, 0.15) is 5.82 Å². The van der Waals surface area contributed by atoms with Crippen LogP contribution in [0.3, 0.4) is 0 Å². The van der Waals surface area contributed by atoms with Crippen LogP contribution in [0.5, 0.6) is 0 Å². The molecule has 0 atom stereocenters. The van der Waals surface area contributed by atoms with Gasteiger partial charge in [0.2, 0.25) is 5.91 Å². The van der Waals surface area contributed by atoms with Gasteiger partial charge in [0, 0.05) is 6.54 Å². The molecule has 0 bridgehead atoms. The summed E-state index contributed by atoms with van der Waals surface area (Å²) in [6.45, 7) is 3.50. The molecule has 3 N–H and O–H groups in total. The van der Waals surface area contributed by atoms with Crippen molar-refractivity contribution in [3.63, 3.8) is 0 Å². The Morgan fingerprint density at radius 2 is 2.19 bits per heavy atom. The summed E-state index contributed by atoms with van der Waals surface area (Å²) in [4.78, 5) is 11.5. The molecule has 88 valence electrons. The van der Waals surface area contributed by atoms with E-state index >= 15 is 0 Å². The van der Waals surface area contributed by atoms with Crippen LogP contribution in [0.1, 0.15) is 19.4 Å². The van der Waals surface area contributed by atoms with Crippen molar-refractivity contribution in [1.29, 1.82) is 0 Å². The maximum Gasteiger partial charge on any atom is 0.239 e. The summed E-state index contributed by atoms with van der Waals surface area (Å²) in [5.74, 6) is -0.616. The Labute approximate surface area is 102 Å². The molecule has 3 nitrogen and oxygen atoms in total. The Balaban J connectivity index is 2.62. The summed E-state index contributed by atoms with van der Waals surface area (Å²) in [7, 11) is 0. The summed E-state index contributed by atoms with van der Waals surface area (Å²) in [6.07, 6.45) is 0. The molecule has 5 heteroatoms. The second-order valence-corrected chi connectivity index (χ2v) is 5.01. The maximum absolute atomic E-state index is 13.2. The van der Waals surface area contributed by atoms with E-state index in [9.17, 15) is 9.18 Å². The van der Waals surface area contributed by atoms with Crippen LogP contribution in [-0.2, 0) is 11.3 Å². The van der Waals surface area contributed by atoms with Crippen LogP contribution in [0.15, 0.2) is 22.7 Å². The van der Waals surface area contributed by atoms with E-state index in [1.165, 1.54) is 6.07 Å². The number of hydrogen-bond acceptors (Lipinski definition) is 2. The Kier molecular flexibility index (Phi) is 4.04. The second kappa shape index (κ2) is 4.93. The Morgan fingerprint density at radius 3 is 2.69 bits per heavy atom. The van der Waals surface area contributed by atoms with Crippen LogP contribution in [-0.4, -0.2) is 11.4 Å². The average molecular weight is 289 g/mol. The molecule has 0 fully saturated rings. The number of amides is 1. The number of rotatable bonds is 3. The van der Waals surface area contributed by atoms with Gasteiger partial charge in [0.25, 0.3) is 0 Å². The highest BCUT2D eigenvalue weighted by Gasteiger charge is 2.21. The lowest BCUT2D eigenvalue weighted by Crippen LogP contribution is -2.48. The third-order valence-corrected chi connectivity index (χ3v) is 2.67. The van der Waals surface area contributed by atoms with Gasteiger partial charge in [-0.05, 0) is 47.5 Å². The van der Waals surface area contributed by atoms with E-state index in [-0.39, 0.29) is 18.3 Å². The van der Waals surface area contributed by atoms with Crippen LogP contribution >= 0.6 is 15.9 Å². The van der Waals surface area contributed by atoms with Gasteiger partial charge in [-0.1, -0.05) is 6.07 Å². The molecule has 1 aromatic carbocycles. The van der Waals surface area contributed by atoms with E-state index in [0.717, 1.165) is 0 Å². The molecular weight excluding hydrogens is 275 g/mol. The molecule has 0 aliphatic rings. The third-order valence-electron chi connectivity index (χ3n) is 2.02. The first-order chi connectivity index (χ1) is 7.30. The zero-order valence-electron chi connectivity index (χ0n) is 9.18. The third kappa shape index (κ3) is 3.57. The molecule has 0 spiro atoms. The number of nitrogens with two attached hydrogens (primary N) is 1.